The Bertz CT molecular complexity index is 371. The van der Waals surface area contributed by atoms with E-state index in [9.17, 15) is 13.2 Å². The van der Waals surface area contributed by atoms with Crippen LogP contribution in [0, 0.1) is 0 Å². The molecule has 0 aliphatic carbocycles. The molecule has 0 amide bonds. The van der Waals surface area contributed by atoms with Gasteiger partial charge in [-0.1, -0.05) is 11.6 Å². The summed E-state index contributed by atoms with van der Waals surface area (Å²) in [4.78, 5) is 3.79. The first-order valence-corrected chi connectivity index (χ1v) is 5.29. The molecule has 0 saturated heterocycles. The van der Waals surface area contributed by atoms with Crippen molar-refractivity contribution < 1.29 is 17.9 Å². The van der Waals surface area contributed by atoms with Crippen molar-refractivity contribution in [3.8, 4) is 5.88 Å². The summed E-state index contributed by atoms with van der Waals surface area (Å²) < 4.78 is 40.6. The Kier molecular flexibility index (Phi) is 5.02. The van der Waals surface area contributed by atoms with E-state index in [2.05, 4.69) is 10.3 Å². The summed E-state index contributed by atoms with van der Waals surface area (Å²) in [5.41, 5.74) is 0.728. The number of nitrogens with one attached hydrogen (secondary N) is 1. The molecular formula is C10H12ClF3N2O. The molecule has 0 radical (unpaired) electrons. The quantitative estimate of drug-likeness (QED) is 0.892. The molecule has 1 N–H and O–H groups in total. The first-order valence-electron chi connectivity index (χ1n) is 4.91. The number of pyridine rings is 1. The molecule has 1 aromatic heterocycles. The average Bonchev–Trinajstić information content (AvgIpc) is 2.21. The zero-order valence-electron chi connectivity index (χ0n) is 9.14. The lowest BCUT2D eigenvalue weighted by Crippen LogP contribution is -2.13. The summed E-state index contributed by atoms with van der Waals surface area (Å²) in [7, 11) is 1.74. The molecule has 0 aliphatic rings. The van der Waals surface area contributed by atoms with E-state index in [1.165, 1.54) is 12.3 Å². The van der Waals surface area contributed by atoms with Crippen LogP contribution >= 0.6 is 11.6 Å². The Morgan fingerprint density at radius 3 is 2.76 bits per heavy atom. The number of aromatic nitrogens is 1. The maximum absolute atomic E-state index is 11.9. The molecule has 7 heteroatoms. The lowest BCUT2D eigenvalue weighted by Gasteiger charge is -2.09. The van der Waals surface area contributed by atoms with Gasteiger partial charge in [0.15, 0.2) is 0 Å². The van der Waals surface area contributed by atoms with E-state index < -0.39 is 19.2 Å². The van der Waals surface area contributed by atoms with Crippen LogP contribution in [-0.2, 0) is 6.54 Å². The molecule has 1 heterocycles. The number of hydrogen-bond donors (Lipinski definition) is 1. The average molecular weight is 269 g/mol. The lowest BCUT2D eigenvalue weighted by molar-refractivity contribution is -0.139. The van der Waals surface area contributed by atoms with E-state index in [0.717, 1.165) is 5.56 Å². The van der Waals surface area contributed by atoms with E-state index in [1.54, 1.807) is 7.05 Å². The number of halogens is 4. The number of nitrogens with zero attached hydrogens (tertiary/aromatic N) is 1. The maximum atomic E-state index is 11.9. The topological polar surface area (TPSA) is 34.1 Å². The third kappa shape index (κ3) is 5.23. The van der Waals surface area contributed by atoms with Crippen molar-refractivity contribution in [2.75, 3.05) is 13.7 Å². The highest BCUT2D eigenvalue weighted by molar-refractivity contribution is 6.31. The minimum Gasteiger partial charge on any atom is -0.477 e. The number of ether oxygens (including phenoxy) is 1. The first kappa shape index (κ1) is 14.1. The Labute approximate surface area is 102 Å². The SMILES string of the molecule is CNCc1cc(OCCC(F)(F)F)ncc1Cl. The fraction of sp³-hybridized carbons (Fsp3) is 0.500. The van der Waals surface area contributed by atoms with Crippen molar-refractivity contribution >= 4 is 11.6 Å². The molecule has 1 rings (SSSR count). The molecule has 96 valence electrons. The van der Waals surface area contributed by atoms with E-state index in [-0.39, 0.29) is 5.88 Å². The van der Waals surface area contributed by atoms with Crippen LogP contribution in [0.15, 0.2) is 12.3 Å². The second-order valence-electron chi connectivity index (χ2n) is 3.36. The van der Waals surface area contributed by atoms with Crippen LogP contribution in [0.25, 0.3) is 0 Å². The van der Waals surface area contributed by atoms with Crippen LogP contribution in [0.4, 0.5) is 13.2 Å². The Morgan fingerprint density at radius 1 is 1.47 bits per heavy atom. The van der Waals surface area contributed by atoms with E-state index in [0.29, 0.717) is 11.6 Å². The molecule has 0 unspecified atom stereocenters. The second kappa shape index (κ2) is 6.07. The molecular weight excluding hydrogens is 257 g/mol. The summed E-state index contributed by atoms with van der Waals surface area (Å²) in [6.07, 6.45) is -3.87. The molecule has 0 bridgehead atoms. The van der Waals surface area contributed by atoms with Crippen molar-refractivity contribution in [1.29, 1.82) is 0 Å². The van der Waals surface area contributed by atoms with E-state index in [4.69, 9.17) is 16.3 Å². The van der Waals surface area contributed by atoms with Crippen molar-refractivity contribution in [1.82, 2.24) is 10.3 Å². The van der Waals surface area contributed by atoms with Crippen LogP contribution in [0.3, 0.4) is 0 Å². The standard InChI is InChI=1S/C10H12ClF3N2O/c1-15-5-7-4-9(16-6-8(7)11)17-3-2-10(12,13)14/h4,6,15H,2-3,5H2,1H3. The van der Waals surface area contributed by atoms with Gasteiger partial charge in [-0.3, -0.25) is 0 Å². The molecule has 17 heavy (non-hydrogen) atoms. The molecule has 0 fully saturated rings. The number of hydrogen-bond acceptors (Lipinski definition) is 3. The summed E-state index contributed by atoms with van der Waals surface area (Å²) in [6.45, 7) is 0.0497. The van der Waals surface area contributed by atoms with Gasteiger partial charge in [0.05, 0.1) is 18.1 Å². The van der Waals surface area contributed by atoms with Gasteiger partial charge in [-0.15, -0.1) is 0 Å². The van der Waals surface area contributed by atoms with Crippen molar-refractivity contribution in [3.05, 3.63) is 22.8 Å². The highest BCUT2D eigenvalue weighted by Gasteiger charge is 2.26. The van der Waals surface area contributed by atoms with Gasteiger partial charge in [0.1, 0.15) is 0 Å². The summed E-state index contributed by atoms with van der Waals surface area (Å²) in [5.74, 6) is 0.143. The zero-order chi connectivity index (χ0) is 12.9. The molecule has 0 atom stereocenters. The Morgan fingerprint density at radius 2 is 2.18 bits per heavy atom. The van der Waals surface area contributed by atoms with Crippen LogP contribution < -0.4 is 10.1 Å². The Hall–Kier alpha value is -1.01. The van der Waals surface area contributed by atoms with Crippen LogP contribution in [0.1, 0.15) is 12.0 Å². The molecule has 0 aromatic carbocycles. The predicted octanol–water partition coefficient (Wildman–Crippen LogP) is 2.79. The highest BCUT2D eigenvalue weighted by atomic mass is 35.5. The minimum atomic E-state index is -4.22. The maximum Gasteiger partial charge on any atom is 0.392 e. The summed E-state index contributed by atoms with van der Waals surface area (Å²) >= 11 is 5.84. The summed E-state index contributed by atoms with van der Waals surface area (Å²) in [5, 5.41) is 3.33. The predicted molar refractivity (Wildman–Crippen MR) is 58.2 cm³/mol. The molecule has 0 saturated carbocycles. The largest absolute Gasteiger partial charge is 0.477 e. The van der Waals surface area contributed by atoms with Gasteiger partial charge in [0, 0.05) is 18.8 Å². The van der Waals surface area contributed by atoms with Crippen molar-refractivity contribution in [2.45, 2.75) is 19.1 Å². The number of rotatable bonds is 5. The minimum absolute atomic E-state index is 0.143. The monoisotopic (exact) mass is 268 g/mol. The Balaban J connectivity index is 2.57. The van der Waals surface area contributed by atoms with Crippen LogP contribution in [0.5, 0.6) is 5.88 Å². The number of alkyl halides is 3. The van der Waals surface area contributed by atoms with Gasteiger partial charge in [0.2, 0.25) is 5.88 Å². The second-order valence-corrected chi connectivity index (χ2v) is 3.77. The van der Waals surface area contributed by atoms with Gasteiger partial charge >= 0.3 is 6.18 Å². The summed E-state index contributed by atoms with van der Waals surface area (Å²) in [6, 6.07) is 1.52. The highest BCUT2D eigenvalue weighted by Crippen LogP contribution is 2.22. The van der Waals surface area contributed by atoms with Crippen LogP contribution in [0.2, 0.25) is 5.02 Å². The van der Waals surface area contributed by atoms with Crippen molar-refractivity contribution in [2.24, 2.45) is 0 Å². The van der Waals surface area contributed by atoms with Gasteiger partial charge in [-0.25, -0.2) is 4.98 Å². The van der Waals surface area contributed by atoms with Gasteiger partial charge in [-0.05, 0) is 12.6 Å². The van der Waals surface area contributed by atoms with Gasteiger partial charge in [0.25, 0.3) is 0 Å². The van der Waals surface area contributed by atoms with Crippen LogP contribution in [-0.4, -0.2) is 24.8 Å². The molecule has 3 nitrogen and oxygen atoms in total. The zero-order valence-corrected chi connectivity index (χ0v) is 9.90. The first-order chi connectivity index (χ1) is 7.92. The fourth-order valence-corrected chi connectivity index (χ4v) is 1.30. The molecule has 0 aliphatic heterocycles. The van der Waals surface area contributed by atoms with Gasteiger partial charge in [-0.2, -0.15) is 13.2 Å². The molecule has 0 spiro atoms. The fourth-order valence-electron chi connectivity index (χ4n) is 1.13. The third-order valence-corrected chi connectivity index (χ3v) is 2.25. The lowest BCUT2D eigenvalue weighted by atomic mass is 10.2. The molecule has 1 aromatic rings. The normalized spacial score (nSPS) is 11.6. The van der Waals surface area contributed by atoms with Crippen molar-refractivity contribution in [3.63, 3.8) is 0 Å². The van der Waals surface area contributed by atoms with E-state index >= 15 is 0 Å². The third-order valence-electron chi connectivity index (χ3n) is 1.91. The van der Waals surface area contributed by atoms with Gasteiger partial charge < -0.3 is 10.1 Å². The smallest absolute Gasteiger partial charge is 0.392 e. The van der Waals surface area contributed by atoms with E-state index in [1.807, 2.05) is 0 Å².